The molecule has 4 rings (SSSR count). The molecule has 6 nitrogen and oxygen atoms in total. The van der Waals surface area contributed by atoms with Crippen LogP contribution in [0.15, 0.2) is 79.6 Å². The first-order valence-electron chi connectivity index (χ1n) is 9.23. The lowest BCUT2D eigenvalue weighted by molar-refractivity contribution is 0.0975. The number of nitrogens with zero attached hydrogens (tertiary/aromatic N) is 2. The van der Waals surface area contributed by atoms with Gasteiger partial charge in [-0.1, -0.05) is 30.9 Å². The van der Waals surface area contributed by atoms with E-state index >= 15 is 0 Å². The summed E-state index contributed by atoms with van der Waals surface area (Å²) in [6.07, 6.45) is 4.61. The van der Waals surface area contributed by atoms with Crippen LogP contribution in [0.3, 0.4) is 0 Å². The van der Waals surface area contributed by atoms with Crippen molar-refractivity contribution in [1.29, 1.82) is 0 Å². The van der Waals surface area contributed by atoms with Gasteiger partial charge in [0.15, 0.2) is 11.5 Å². The lowest BCUT2D eigenvalue weighted by Gasteiger charge is -2.38. The van der Waals surface area contributed by atoms with Crippen LogP contribution in [0, 0.1) is 0 Å². The first kappa shape index (κ1) is 18.6. The van der Waals surface area contributed by atoms with Gasteiger partial charge >= 0.3 is 0 Å². The SMILES string of the molecule is C=CCOc1ccc([C@H]2Nc3ccccc3C(=O)N2c2ccncc2)cc1OC. The lowest BCUT2D eigenvalue weighted by atomic mass is 10.0. The minimum Gasteiger partial charge on any atom is -0.493 e. The number of nitrogens with one attached hydrogen (secondary N) is 1. The number of fused-ring (bicyclic) bond motifs is 1. The maximum absolute atomic E-state index is 13.4. The average molecular weight is 387 g/mol. The van der Waals surface area contributed by atoms with Gasteiger partial charge in [-0.25, -0.2) is 0 Å². The zero-order chi connectivity index (χ0) is 20.2. The molecule has 0 fully saturated rings. The molecule has 0 bridgehead atoms. The van der Waals surface area contributed by atoms with Crippen molar-refractivity contribution < 1.29 is 14.3 Å². The summed E-state index contributed by atoms with van der Waals surface area (Å²) in [4.78, 5) is 19.2. The van der Waals surface area contributed by atoms with Crippen molar-refractivity contribution in [1.82, 2.24) is 4.98 Å². The molecule has 2 heterocycles. The minimum atomic E-state index is -0.415. The Morgan fingerprint density at radius 1 is 1.14 bits per heavy atom. The molecule has 1 aromatic heterocycles. The Kier molecular flexibility index (Phi) is 5.16. The summed E-state index contributed by atoms with van der Waals surface area (Å²) in [6.45, 7) is 4.05. The highest BCUT2D eigenvalue weighted by Crippen LogP contribution is 2.39. The normalized spacial score (nSPS) is 15.3. The van der Waals surface area contributed by atoms with Crippen LogP contribution in [-0.2, 0) is 0 Å². The third kappa shape index (κ3) is 3.52. The second-order valence-electron chi connectivity index (χ2n) is 6.48. The van der Waals surface area contributed by atoms with E-state index in [1.54, 1.807) is 30.5 Å². The van der Waals surface area contributed by atoms with E-state index in [9.17, 15) is 4.79 Å². The number of hydrogen-bond acceptors (Lipinski definition) is 5. The van der Waals surface area contributed by atoms with Gasteiger partial charge in [0.05, 0.1) is 12.7 Å². The zero-order valence-corrected chi connectivity index (χ0v) is 16.0. The number of methoxy groups -OCH3 is 1. The predicted molar refractivity (Wildman–Crippen MR) is 113 cm³/mol. The van der Waals surface area contributed by atoms with Gasteiger partial charge < -0.3 is 14.8 Å². The number of amides is 1. The van der Waals surface area contributed by atoms with E-state index in [-0.39, 0.29) is 5.91 Å². The second kappa shape index (κ2) is 8.06. The Bertz CT molecular complexity index is 1040. The molecule has 1 atom stereocenters. The van der Waals surface area contributed by atoms with Gasteiger partial charge in [0.1, 0.15) is 12.8 Å². The molecule has 29 heavy (non-hydrogen) atoms. The largest absolute Gasteiger partial charge is 0.493 e. The Morgan fingerprint density at radius 2 is 1.93 bits per heavy atom. The fourth-order valence-corrected chi connectivity index (χ4v) is 3.38. The molecule has 0 aliphatic carbocycles. The van der Waals surface area contributed by atoms with Gasteiger partial charge in [-0.15, -0.1) is 0 Å². The van der Waals surface area contributed by atoms with Crippen molar-refractivity contribution in [3.8, 4) is 11.5 Å². The second-order valence-corrected chi connectivity index (χ2v) is 6.48. The molecular formula is C23H21N3O3. The molecule has 1 amide bonds. The van der Waals surface area contributed by atoms with Gasteiger partial charge in [-0.05, 0) is 42.0 Å². The van der Waals surface area contributed by atoms with E-state index in [1.165, 1.54) is 0 Å². The van der Waals surface area contributed by atoms with E-state index in [1.807, 2.05) is 54.6 Å². The van der Waals surface area contributed by atoms with Crippen molar-refractivity contribution >= 4 is 17.3 Å². The number of carbonyl (C=O) groups excluding carboxylic acids is 1. The maximum Gasteiger partial charge on any atom is 0.262 e. The number of pyridine rings is 1. The molecule has 0 saturated carbocycles. The Balaban J connectivity index is 1.80. The highest BCUT2D eigenvalue weighted by atomic mass is 16.5. The highest BCUT2D eigenvalue weighted by molar-refractivity contribution is 6.12. The van der Waals surface area contributed by atoms with Crippen molar-refractivity contribution in [3.05, 3.63) is 90.8 Å². The summed E-state index contributed by atoms with van der Waals surface area (Å²) in [5.74, 6) is 1.13. The zero-order valence-electron chi connectivity index (χ0n) is 16.0. The maximum atomic E-state index is 13.4. The van der Waals surface area contributed by atoms with Crippen LogP contribution >= 0.6 is 0 Å². The molecule has 3 aromatic rings. The molecule has 6 heteroatoms. The van der Waals surface area contributed by atoms with Crippen LogP contribution < -0.4 is 19.7 Å². The first-order chi connectivity index (χ1) is 14.2. The molecule has 1 aliphatic rings. The smallest absolute Gasteiger partial charge is 0.262 e. The number of para-hydroxylation sites is 1. The summed E-state index contributed by atoms with van der Waals surface area (Å²) in [7, 11) is 1.59. The van der Waals surface area contributed by atoms with Gasteiger partial charge in [0.25, 0.3) is 5.91 Å². The summed E-state index contributed by atoms with van der Waals surface area (Å²) in [6, 6.07) is 16.8. The average Bonchev–Trinajstić information content (AvgIpc) is 2.78. The fourth-order valence-electron chi connectivity index (χ4n) is 3.38. The van der Waals surface area contributed by atoms with Crippen LogP contribution in [0.2, 0.25) is 0 Å². The number of benzene rings is 2. The van der Waals surface area contributed by atoms with Crippen LogP contribution in [0.5, 0.6) is 11.5 Å². The molecule has 0 spiro atoms. The van der Waals surface area contributed by atoms with Gasteiger partial charge in [-0.2, -0.15) is 0 Å². The van der Waals surface area contributed by atoms with Crippen LogP contribution in [0.4, 0.5) is 11.4 Å². The highest BCUT2D eigenvalue weighted by Gasteiger charge is 2.34. The van der Waals surface area contributed by atoms with Crippen LogP contribution in [-0.4, -0.2) is 24.6 Å². The molecule has 0 radical (unpaired) electrons. The van der Waals surface area contributed by atoms with Crippen molar-refractivity contribution in [2.75, 3.05) is 23.9 Å². The molecule has 2 aromatic carbocycles. The van der Waals surface area contributed by atoms with Crippen LogP contribution in [0.1, 0.15) is 22.1 Å². The topological polar surface area (TPSA) is 63.7 Å². The third-order valence-electron chi connectivity index (χ3n) is 4.73. The number of aromatic nitrogens is 1. The number of carbonyl (C=O) groups is 1. The summed E-state index contributed by atoms with van der Waals surface area (Å²) >= 11 is 0. The quantitative estimate of drug-likeness (QED) is 0.634. The standard InChI is InChI=1S/C23H21N3O3/c1-3-14-29-20-9-8-16(15-21(20)28-2)22-25-19-7-5-4-6-18(19)23(27)26(22)17-10-12-24-13-11-17/h3-13,15,22,25H,1,14H2,2H3/t22-/m0/s1. The van der Waals surface area contributed by atoms with E-state index in [2.05, 4.69) is 16.9 Å². The molecular weight excluding hydrogens is 366 g/mol. The van der Waals surface area contributed by atoms with Gasteiger partial charge in [-0.3, -0.25) is 14.7 Å². The summed E-state index contributed by atoms with van der Waals surface area (Å²) in [5.41, 5.74) is 3.03. The fraction of sp³-hybridized carbons (Fsp3) is 0.130. The van der Waals surface area contributed by atoms with E-state index in [0.29, 0.717) is 23.7 Å². The third-order valence-corrected chi connectivity index (χ3v) is 4.73. The number of ether oxygens (including phenoxy) is 2. The number of rotatable bonds is 6. The number of anilines is 2. The molecule has 146 valence electrons. The minimum absolute atomic E-state index is 0.0819. The first-order valence-corrected chi connectivity index (χ1v) is 9.23. The summed E-state index contributed by atoms with van der Waals surface area (Å²) < 4.78 is 11.2. The molecule has 1 N–H and O–H groups in total. The van der Waals surface area contributed by atoms with Crippen molar-refractivity contribution in [2.24, 2.45) is 0 Å². The van der Waals surface area contributed by atoms with Gasteiger partial charge in [0.2, 0.25) is 0 Å². The predicted octanol–water partition coefficient (Wildman–Crippen LogP) is 4.43. The van der Waals surface area contributed by atoms with Crippen LogP contribution in [0.25, 0.3) is 0 Å². The van der Waals surface area contributed by atoms with E-state index < -0.39 is 6.17 Å². The molecule has 1 aliphatic heterocycles. The van der Waals surface area contributed by atoms with E-state index in [4.69, 9.17) is 9.47 Å². The Morgan fingerprint density at radius 3 is 2.69 bits per heavy atom. The Hall–Kier alpha value is -3.80. The van der Waals surface area contributed by atoms with Crippen molar-refractivity contribution in [3.63, 3.8) is 0 Å². The monoisotopic (exact) mass is 387 g/mol. The molecule has 0 saturated heterocycles. The Labute approximate surface area is 169 Å². The summed E-state index contributed by atoms with van der Waals surface area (Å²) in [5, 5.41) is 3.48. The molecule has 0 unspecified atom stereocenters. The lowest BCUT2D eigenvalue weighted by Crippen LogP contribution is -2.43. The van der Waals surface area contributed by atoms with Gasteiger partial charge in [0, 0.05) is 23.8 Å². The number of hydrogen-bond donors (Lipinski definition) is 1. The van der Waals surface area contributed by atoms with E-state index in [0.717, 1.165) is 16.9 Å². The van der Waals surface area contributed by atoms with Crippen molar-refractivity contribution in [2.45, 2.75) is 6.17 Å².